The molecule has 2 aromatic carbocycles. The number of ether oxygens (including phenoxy) is 2. The first-order chi connectivity index (χ1) is 13.6. The third-order valence-electron chi connectivity index (χ3n) is 4.74. The van der Waals surface area contributed by atoms with Gasteiger partial charge >= 0.3 is 0 Å². The molecule has 2 aromatic rings. The Labute approximate surface area is 171 Å². The van der Waals surface area contributed by atoms with Crippen molar-refractivity contribution in [3.63, 3.8) is 0 Å². The van der Waals surface area contributed by atoms with Crippen LogP contribution >= 0.6 is 0 Å². The Hall–Kier alpha value is -2.74. The molecular formula is C21H26N2O5S. The number of sulfonamides is 1. The monoisotopic (exact) mass is 418 g/mol. The topological polar surface area (TPSA) is 84.9 Å². The fourth-order valence-corrected chi connectivity index (χ4v) is 4.40. The normalized spacial score (nSPS) is 15.9. The van der Waals surface area contributed by atoms with Crippen LogP contribution in [0.5, 0.6) is 11.5 Å². The van der Waals surface area contributed by atoms with E-state index in [-0.39, 0.29) is 18.3 Å². The highest BCUT2D eigenvalue weighted by atomic mass is 32.2. The van der Waals surface area contributed by atoms with E-state index in [2.05, 4.69) is 4.72 Å². The summed E-state index contributed by atoms with van der Waals surface area (Å²) < 4.78 is 38.9. The van der Waals surface area contributed by atoms with Crippen molar-refractivity contribution < 1.29 is 22.7 Å². The highest BCUT2D eigenvalue weighted by molar-refractivity contribution is 7.91. The molecule has 1 N–H and O–H groups in total. The minimum absolute atomic E-state index is 0.0601. The number of rotatable bonds is 6. The third kappa shape index (κ3) is 4.64. The summed E-state index contributed by atoms with van der Waals surface area (Å²) in [6.07, 6.45) is 0. The van der Waals surface area contributed by atoms with E-state index >= 15 is 0 Å². The van der Waals surface area contributed by atoms with Crippen molar-refractivity contribution in [3.8, 4) is 11.5 Å². The van der Waals surface area contributed by atoms with Gasteiger partial charge in [-0.2, -0.15) is 0 Å². The molecule has 0 bridgehead atoms. The van der Waals surface area contributed by atoms with Crippen molar-refractivity contribution in [2.24, 2.45) is 5.41 Å². The first-order valence-electron chi connectivity index (χ1n) is 9.37. The molecule has 0 atom stereocenters. The molecular weight excluding hydrogens is 392 g/mol. The largest absolute Gasteiger partial charge is 0.497 e. The van der Waals surface area contributed by atoms with Crippen molar-refractivity contribution in [1.82, 2.24) is 0 Å². The number of methoxy groups -OCH3 is 1. The number of carbonyl (C=O) groups is 1. The minimum Gasteiger partial charge on any atom is -0.497 e. The molecule has 1 heterocycles. The van der Waals surface area contributed by atoms with Crippen LogP contribution in [0, 0.1) is 5.41 Å². The second-order valence-corrected chi connectivity index (χ2v) is 9.34. The summed E-state index contributed by atoms with van der Waals surface area (Å²) in [5.41, 5.74) is 0.883. The molecule has 0 fully saturated rings. The van der Waals surface area contributed by atoms with E-state index in [1.165, 1.54) is 7.11 Å². The molecule has 7 nitrogen and oxygen atoms in total. The quantitative estimate of drug-likeness (QED) is 0.777. The van der Waals surface area contributed by atoms with Gasteiger partial charge in [-0.25, -0.2) is 8.42 Å². The second kappa shape index (κ2) is 7.94. The fourth-order valence-electron chi connectivity index (χ4n) is 3.22. The van der Waals surface area contributed by atoms with Gasteiger partial charge in [0.2, 0.25) is 15.9 Å². The van der Waals surface area contributed by atoms with Gasteiger partial charge < -0.3 is 14.4 Å². The summed E-state index contributed by atoms with van der Waals surface area (Å²) in [6, 6.07) is 11.9. The lowest BCUT2D eigenvalue weighted by Gasteiger charge is -2.27. The van der Waals surface area contributed by atoms with Crippen molar-refractivity contribution in [2.75, 3.05) is 29.9 Å². The molecule has 0 aliphatic carbocycles. The molecule has 0 spiro atoms. The molecule has 0 aromatic heterocycles. The Morgan fingerprint density at radius 3 is 2.66 bits per heavy atom. The Kier molecular flexibility index (Phi) is 5.75. The number of fused-ring (bicyclic) bond motifs is 1. The Balaban J connectivity index is 1.86. The Morgan fingerprint density at radius 2 is 1.97 bits per heavy atom. The lowest BCUT2D eigenvalue weighted by Crippen LogP contribution is -2.42. The molecule has 1 aliphatic heterocycles. The van der Waals surface area contributed by atoms with Crippen molar-refractivity contribution >= 4 is 27.3 Å². The van der Waals surface area contributed by atoms with E-state index < -0.39 is 15.4 Å². The molecule has 156 valence electrons. The van der Waals surface area contributed by atoms with Gasteiger partial charge in [-0.3, -0.25) is 9.52 Å². The minimum atomic E-state index is -3.66. The average molecular weight is 419 g/mol. The third-order valence-corrected chi connectivity index (χ3v) is 6.00. The molecule has 1 aliphatic rings. The smallest absolute Gasteiger partial charge is 0.236 e. The van der Waals surface area contributed by atoms with Crippen LogP contribution in [0.4, 0.5) is 11.4 Å². The molecule has 0 saturated carbocycles. The highest BCUT2D eigenvalue weighted by Gasteiger charge is 2.37. The van der Waals surface area contributed by atoms with Crippen LogP contribution in [0.3, 0.4) is 0 Å². The maximum atomic E-state index is 12.9. The zero-order valence-corrected chi connectivity index (χ0v) is 17.9. The number of benzene rings is 2. The number of hydrogen-bond acceptors (Lipinski definition) is 5. The number of hydrogen-bond donors (Lipinski definition) is 1. The van der Waals surface area contributed by atoms with Crippen LogP contribution in [-0.4, -0.2) is 34.6 Å². The summed E-state index contributed by atoms with van der Waals surface area (Å²) in [5, 5.41) is 0. The van der Waals surface area contributed by atoms with Gasteiger partial charge in [-0.1, -0.05) is 12.1 Å². The summed E-state index contributed by atoms with van der Waals surface area (Å²) in [6.45, 7) is 6.26. The van der Waals surface area contributed by atoms with Crippen LogP contribution in [0.15, 0.2) is 42.5 Å². The first kappa shape index (κ1) is 21.0. The fraction of sp³-hybridized carbons (Fsp3) is 0.381. The van der Waals surface area contributed by atoms with Gasteiger partial charge in [0.15, 0.2) is 0 Å². The maximum Gasteiger partial charge on any atom is 0.236 e. The number of nitrogens with one attached hydrogen (secondary N) is 1. The molecule has 3 rings (SSSR count). The van der Waals surface area contributed by atoms with Crippen LogP contribution in [0.25, 0.3) is 0 Å². The zero-order valence-electron chi connectivity index (χ0n) is 17.1. The van der Waals surface area contributed by atoms with E-state index in [0.717, 1.165) is 0 Å². The van der Waals surface area contributed by atoms with Crippen LogP contribution in [0.2, 0.25) is 0 Å². The number of carbonyl (C=O) groups excluding carboxylic acids is 1. The van der Waals surface area contributed by atoms with Gasteiger partial charge in [-0.05, 0) is 56.7 Å². The molecule has 0 saturated heterocycles. The van der Waals surface area contributed by atoms with Crippen molar-refractivity contribution in [2.45, 2.75) is 26.5 Å². The summed E-state index contributed by atoms with van der Waals surface area (Å²) in [7, 11) is -2.13. The summed E-state index contributed by atoms with van der Waals surface area (Å²) in [5.74, 6) is 0.901. The SMILES string of the molecule is CCN1C(=O)C(C)(C)COc2ccc(NS(=O)(=O)Cc3cccc(OC)c3)cc21. The highest BCUT2D eigenvalue weighted by Crippen LogP contribution is 2.38. The van der Waals surface area contributed by atoms with Crippen LogP contribution < -0.4 is 19.1 Å². The number of nitrogens with zero attached hydrogens (tertiary/aromatic N) is 1. The average Bonchev–Trinajstić information content (AvgIpc) is 2.75. The lowest BCUT2D eigenvalue weighted by molar-refractivity contribution is -0.127. The van der Waals surface area contributed by atoms with E-state index in [4.69, 9.17) is 9.47 Å². The predicted octanol–water partition coefficient (Wildman–Crippen LogP) is 3.41. The molecule has 29 heavy (non-hydrogen) atoms. The van der Waals surface area contributed by atoms with Gasteiger partial charge in [0.1, 0.15) is 18.1 Å². The van der Waals surface area contributed by atoms with Crippen molar-refractivity contribution in [3.05, 3.63) is 48.0 Å². The van der Waals surface area contributed by atoms with Gasteiger partial charge in [-0.15, -0.1) is 0 Å². The summed E-state index contributed by atoms with van der Waals surface area (Å²) >= 11 is 0. The molecule has 0 radical (unpaired) electrons. The van der Waals surface area contributed by atoms with Crippen LogP contribution in [0.1, 0.15) is 26.3 Å². The van der Waals surface area contributed by atoms with E-state index in [9.17, 15) is 13.2 Å². The van der Waals surface area contributed by atoms with E-state index in [0.29, 0.717) is 35.0 Å². The molecule has 0 unspecified atom stereocenters. The van der Waals surface area contributed by atoms with Crippen molar-refractivity contribution in [1.29, 1.82) is 0 Å². The van der Waals surface area contributed by atoms with E-state index in [1.54, 1.807) is 47.4 Å². The Bertz CT molecular complexity index is 1020. The van der Waals surface area contributed by atoms with Gasteiger partial charge in [0.25, 0.3) is 0 Å². The van der Waals surface area contributed by atoms with Crippen LogP contribution in [-0.2, 0) is 20.6 Å². The number of anilines is 2. The van der Waals surface area contributed by atoms with E-state index in [1.807, 2.05) is 20.8 Å². The molecule has 8 heteroatoms. The maximum absolute atomic E-state index is 12.9. The summed E-state index contributed by atoms with van der Waals surface area (Å²) in [4.78, 5) is 14.5. The lowest BCUT2D eigenvalue weighted by atomic mass is 9.93. The van der Waals surface area contributed by atoms with Gasteiger partial charge in [0, 0.05) is 6.54 Å². The predicted molar refractivity (Wildman–Crippen MR) is 113 cm³/mol. The molecule has 1 amide bonds. The number of amides is 1. The second-order valence-electron chi connectivity index (χ2n) is 7.62. The van der Waals surface area contributed by atoms with Gasteiger partial charge in [0.05, 0.1) is 29.7 Å². The Morgan fingerprint density at radius 1 is 1.21 bits per heavy atom. The zero-order chi connectivity index (χ0) is 21.2. The first-order valence-corrected chi connectivity index (χ1v) is 11.0. The standard InChI is InChI=1S/C21H26N2O5S/c1-5-23-18-12-16(9-10-19(18)28-14-21(2,3)20(23)24)22-29(25,26)13-15-7-6-8-17(11-15)27-4/h6-12,22H,5,13-14H2,1-4H3.